The molecule has 0 fully saturated rings. The van der Waals surface area contributed by atoms with Crippen molar-refractivity contribution in [2.24, 2.45) is 0 Å². The number of rotatable bonds is 6. The van der Waals surface area contributed by atoms with E-state index in [0.717, 1.165) is 12.2 Å². The van der Waals surface area contributed by atoms with E-state index < -0.39 is 0 Å². The number of ether oxygens (including phenoxy) is 1. The minimum absolute atomic E-state index is 0.192. The fourth-order valence-corrected chi connectivity index (χ4v) is 0.723. The molecule has 0 saturated carbocycles. The Morgan fingerprint density at radius 2 is 2.00 bits per heavy atom. The van der Waals surface area contributed by atoms with Crippen molar-refractivity contribution in [3.05, 3.63) is 23.5 Å². The highest BCUT2D eigenvalue weighted by atomic mass is 16.5. The van der Waals surface area contributed by atoms with E-state index in [4.69, 9.17) is 9.84 Å². The van der Waals surface area contributed by atoms with Crippen molar-refractivity contribution in [3.63, 3.8) is 0 Å². The Balaban J connectivity index is 3.75. The lowest BCUT2D eigenvalue weighted by atomic mass is 10.2. The molecule has 0 aromatic heterocycles. The van der Waals surface area contributed by atoms with Crippen LogP contribution < -0.4 is 0 Å². The van der Waals surface area contributed by atoms with Crippen LogP contribution in [0.15, 0.2) is 23.5 Å². The van der Waals surface area contributed by atoms with Gasteiger partial charge in [0.05, 0.1) is 12.4 Å². The van der Waals surface area contributed by atoms with Crippen LogP contribution >= 0.6 is 0 Å². The van der Waals surface area contributed by atoms with Crippen LogP contribution in [-0.2, 0) is 4.74 Å². The summed E-state index contributed by atoms with van der Waals surface area (Å²) in [6.07, 6.45) is 5.80. The van der Waals surface area contributed by atoms with Gasteiger partial charge in [0.2, 0.25) is 0 Å². The second-order valence-electron chi connectivity index (χ2n) is 3.07. The molecule has 0 amide bonds. The maximum Gasteiger partial charge on any atom is 0.0928 e. The Kier molecular flexibility index (Phi) is 7.41. The standard InChI is InChI=1S/C11H20O2/c1-4-10(2)6-7-11(3)13-9-5-8-12/h6-7,12H,4-5,8-9H2,1-3H3/b10-6+,11-7+. The average molecular weight is 184 g/mol. The number of aliphatic hydroxyl groups is 1. The predicted octanol–water partition coefficient (Wildman–Crippen LogP) is 2.65. The predicted molar refractivity (Wildman–Crippen MR) is 55.5 cm³/mol. The number of hydrogen-bond acceptors (Lipinski definition) is 2. The third-order valence-corrected chi connectivity index (χ3v) is 1.79. The summed E-state index contributed by atoms with van der Waals surface area (Å²) in [6, 6.07) is 0. The van der Waals surface area contributed by atoms with Gasteiger partial charge in [-0.2, -0.15) is 0 Å². The summed E-state index contributed by atoms with van der Waals surface area (Å²) in [5.41, 5.74) is 1.34. The summed E-state index contributed by atoms with van der Waals surface area (Å²) >= 11 is 0. The van der Waals surface area contributed by atoms with E-state index in [2.05, 4.69) is 19.9 Å². The van der Waals surface area contributed by atoms with Gasteiger partial charge < -0.3 is 9.84 Å². The molecule has 0 bridgehead atoms. The molecule has 0 aliphatic rings. The Morgan fingerprint density at radius 3 is 2.54 bits per heavy atom. The summed E-state index contributed by atoms with van der Waals surface area (Å²) in [5.74, 6) is 0.904. The van der Waals surface area contributed by atoms with Crippen molar-refractivity contribution in [1.82, 2.24) is 0 Å². The molecule has 76 valence electrons. The lowest BCUT2D eigenvalue weighted by Crippen LogP contribution is -1.94. The van der Waals surface area contributed by atoms with E-state index in [-0.39, 0.29) is 6.61 Å². The molecule has 0 aromatic carbocycles. The SMILES string of the molecule is CC/C(C)=C/C=C(\C)OCCCO. The third-order valence-electron chi connectivity index (χ3n) is 1.79. The van der Waals surface area contributed by atoms with Crippen LogP contribution in [0.3, 0.4) is 0 Å². The van der Waals surface area contributed by atoms with Crippen molar-refractivity contribution in [3.8, 4) is 0 Å². The fourth-order valence-electron chi connectivity index (χ4n) is 0.723. The second kappa shape index (κ2) is 7.87. The molecule has 0 heterocycles. The molecule has 0 unspecified atom stereocenters. The van der Waals surface area contributed by atoms with Gasteiger partial charge in [-0.3, -0.25) is 0 Å². The molecule has 13 heavy (non-hydrogen) atoms. The zero-order valence-electron chi connectivity index (χ0n) is 8.84. The normalized spacial score (nSPS) is 13.2. The van der Waals surface area contributed by atoms with Crippen molar-refractivity contribution in [2.75, 3.05) is 13.2 Å². The Morgan fingerprint density at radius 1 is 1.31 bits per heavy atom. The Labute approximate surface area is 80.9 Å². The summed E-state index contributed by atoms with van der Waals surface area (Å²) < 4.78 is 5.33. The number of allylic oxidation sites excluding steroid dienone is 4. The summed E-state index contributed by atoms with van der Waals surface area (Å²) in [4.78, 5) is 0. The molecular weight excluding hydrogens is 164 g/mol. The first-order valence-electron chi connectivity index (χ1n) is 4.78. The van der Waals surface area contributed by atoms with E-state index in [1.807, 2.05) is 13.0 Å². The van der Waals surface area contributed by atoms with Crippen molar-refractivity contribution in [1.29, 1.82) is 0 Å². The van der Waals surface area contributed by atoms with Gasteiger partial charge in [-0.05, 0) is 26.3 Å². The largest absolute Gasteiger partial charge is 0.498 e. The van der Waals surface area contributed by atoms with Crippen LogP contribution in [0.2, 0.25) is 0 Å². The van der Waals surface area contributed by atoms with Crippen LogP contribution in [0.1, 0.15) is 33.6 Å². The molecule has 0 spiro atoms. The summed E-state index contributed by atoms with van der Waals surface area (Å²) in [6.45, 7) is 6.94. The molecule has 0 saturated heterocycles. The van der Waals surface area contributed by atoms with Crippen molar-refractivity contribution in [2.45, 2.75) is 33.6 Å². The fraction of sp³-hybridized carbons (Fsp3) is 0.636. The van der Waals surface area contributed by atoms with Crippen LogP contribution in [0.5, 0.6) is 0 Å². The van der Waals surface area contributed by atoms with Gasteiger partial charge in [0.15, 0.2) is 0 Å². The summed E-state index contributed by atoms with van der Waals surface area (Å²) in [5, 5.41) is 8.52. The average Bonchev–Trinajstić information content (AvgIpc) is 2.14. The third kappa shape index (κ3) is 7.60. The van der Waals surface area contributed by atoms with Gasteiger partial charge >= 0.3 is 0 Å². The maximum atomic E-state index is 8.52. The van der Waals surface area contributed by atoms with Gasteiger partial charge in [0.25, 0.3) is 0 Å². The minimum atomic E-state index is 0.192. The minimum Gasteiger partial charge on any atom is -0.498 e. The zero-order chi connectivity index (χ0) is 10.1. The van der Waals surface area contributed by atoms with Crippen LogP contribution in [-0.4, -0.2) is 18.3 Å². The lowest BCUT2D eigenvalue weighted by molar-refractivity contribution is 0.177. The van der Waals surface area contributed by atoms with Crippen LogP contribution in [0, 0.1) is 0 Å². The molecule has 2 heteroatoms. The Bertz CT molecular complexity index is 181. The second-order valence-corrected chi connectivity index (χ2v) is 3.07. The van der Waals surface area contributed by atoms with E-state index in [0.29, 0.717) is 13.0 Å². The monoisotopic (exact) mass is 184 g/mol. The van der Waals surface area contributed by atoms with Crippen LogP contribution in [0.25, 0.3) is 0 Å². The van der Waals surface area contributed by atoms with Crippen molar-refractivity contribution >= 4 is 0 Å². The first-order valence-corrected chi connectivity index (χ1v) is 4.78. The zero-order valence-corrected chi connectivity index (χ0v) is 8.84. The van der Waals surface area contributed by atoms with Gasteiger partial charge in [-0.15, -0.1) is 0 Å². The molecule has 0 radical (unpaired) electrons. The smallest absolute Gasteiger partial charge is 0.0928 e. The summed E-state index contributed by atoms with van der Waals surface area (Å²) in [7, 11) is 0. The van der Waals surface area contributed by atoms with Gasteiger partial charge in [0.1, 0.15) is 0 Å². The highest BCUT2D eigenvalue weighted by Crippen LogP contribution is 2.02. The molecule has 2 nitrogen and oxygen atoms in total. The number of aliphatic hydroxyl groups excluding tert-OH is 1. The molecule has 1 N–H and O–H groups in total. The van der Waals surface area contributed by atoms with Gasteiger partial charge in [-0.1, -0.05) is 18.6 Å². The number of hydrogen-bond donors (Lipinski definition) is 1. The van der Waals surface area contributed by atoms with E-state index in [9.17, 15) is 0 Å². The molecule has 0 aromatic rings. The van der Waals surface area contributed by atoms with E-state index in [1.54, 1.807) is 0 Å². The lowest BCUT2D eigenvalue weighted by Gasteiger charge is -2.03. The first-order chi connectivity index (χ1) is 6.20. The van der Waals surface area contributed by atoms with E-state index >= 15 is 0 Å². The van der Waals surface area contributed by atoms with Crippen molar-refractivity contribution < 1.29 is 9.84 Å². The molecular formula is C11H20O2. The van der Waals surface area contributed by atoms with Gasteiger partial charge in [-0.25, -0.2) is 0 Å². The first kappa shape index (κ1) is 12.2. The van der Waals surface area contributed by atoms with E-state index in [1.165, 1.54) is 5.57 Å². The quantitative estimate of drug-likeness (QED) is 0.390. The molecule has 0 rings (SSSR count). The Hall–Kier alpha value is -0.760. The van der Waals surface area contributed by atoms with Gasteiger partial charge in [0, 0.05) is 13.0 Å². The topological polar surface area (TPSA) is 29.5 Å². The highest BCUT2D eigenvalue weighted by Gasteiger charge is 1.88. The van der Waals surface area contributed by atoms with Crippen LogP contribution in [0.4, 0.5) is 0 Å². The molecule has 0 aliphatic carbocycles. The maximum absolute atomic E-state index is 8.52. The molecule has 0 atom stereocenters. The molecule has 0 aliphatic heterocycles. The highest BCUT2D eigenvalue weighted by molar-refractivity contribution is 5.12.